The van der Waals surface area contributed by atoms with Crippen molar-refractivity contribution in [3.63, 3.8) is 0 Å². The van der Waals surface area contributed by atoms with Gasteiger partial charge in [-0.3, -0.25) is 4.79 Å². The second-order valence-corrected chi connectivity index (χ2v) is 4.09. The second-order valence-electron chi connectivity index (χ2n) is 4.09. The number of nitrogens with one attached hydrogen (secondary N) is 2. The lowest BCUT2D eigenvalue weighted by atomic mass is 10.1. The number of aliphatic hydroxyl groups is 1. The van der Waals surface area contributed by atoms with Crippen LogP contribution in [0.25, 0.3) is 0 Å². The van der Waals surface area contributed by atoms with Gasteiger partial charge in [0.05, 0.1) is 11.4 Å². The fraction of sp³-hybridized carbons (Fsp3) is 0.462. The molecule has 0 bridgehead atoms. The molecule has 0 aliphatic rings. The molecule has 1 aromatic carbocycles. The van der Waals surface area contributed by atoms with E-state index in [-0.39, 0.29) is 12.5 Å². The number of nitrogen functional groups attached to an aromatic ring is 1. The standard InChI is InChI=1S/C13H21N3O2/c1-15-13(18)10-5-6-11(14)12(9-10)16-7-3-2-4-8-17/h5-6,9,16-17H,2-4,7-8,14H2,1H3,(H,15,18). The first-order valence-electron chi connectivity index (χ1n) is 6.15. The first kappa shape index (κ1) is 14.3. The van der Waals surface area contributed by atoms with E-state index in [0.717, 1.165) is 31.5 Å². The van der Waals surface area contributed by atoms with Gasteiger partial charge in [-0.25, -0.2) is 0 Å². The summed E-state index contributed by atoms with van der Waals surface area (Å²) < 4.78 is 0. The van der Waals surface area contributed by atoms with Crippen LogP contribution in [0.1, 0.15) is 29.6 Å². The van der Waals surface area contributed by atoms with Crippen LogP contribution in [-0.4, -0.2) is 31.2 Å². The summed E-state index contributed by atoms with van der Waals surface area (Å²) in [5, 5.41) is 14.4. The Morgan fingerprint density at radius 1 is 1.33 bits per heavy atom. The molecule has 0 unspecified atom stereocenters. The monoisotopic (exact) mass is 251 g/mol. The smallest absolute Gasteiger partial charge is 0.251 e. The summed E-state index contributed by atoms with van der Waals surface area (Å²) in [6.45, 7) is 1.01. The van der Waals surface area contributed by atoms with Crippen molar-refractivity contribution >= 4 is 17.3 Å². The number of aliphatic hydroxyl groups excluding tert-OH is 1. The third kappa shape index (κ3) is 4.25. The number of anilines is 2. The van der Waals surface area contributed by atoms with E-state index in [4.69, 9.17) is 10.8 Å². The van der Waals surface area contributed by atoms with E-state index in [1.165, 1.54) is 0 Å². The van der Waals surface area contributed by atoms with E-state index in [0.29, 0.717) is 11.3 Å². The van der Waals surface area contributed by atoms with E-state index >= 15 is 0 Å². The average molecular weight is 251 g/mol. The summed E-state index contributed by atoms with van der Waals surface area (Å²) >= 11 is 0. The maximum absolute atomic E-state index is 11.5. The van der Waals surface area contributed by atoms with Gasteiger partial charge in [0, 0.05) is 25.8 Å². The zero-order valence-corrected chi connectivity index (χ0v) is 10.7. The average Bonchev–Trinajstić information content (AvgIpc) is 2.39. The molecule has 0 atom stereocenters. The quantitative estimate of drug-likeness (QED) is 0.433. The zero-order valence-electron chi connectivity index (χ0n) is 10.7. The molecule has 0 aliphatic heterocycles. The van der Waals surface area contributed by atoms with E-state index in [1.54, 1.807) is 25.2 Å². The van der Waals surface area contributed by atoms with Crippen LogP contribution in [0.5, 0.6) is 0 Å². The number of carbonyl (C=O) groups excluding carboxylic acids is 1. The van der Waals surface area contributed by atoms with Crippen LogP contribution in [0.15, 0.2) is 18.2 Å². The van der Waals surface area contributed by atoms with Gasteiger partial charge in [-0.05, 0) is 37.5 Å². The number of benzene rings is 1. The van der Waals surface area contributed by atoms with Crippen molar-refractivity contribution in [1.29, 1.82) is 0 Å². The van der Waals surface area contributed by atoms with E-state index < -0.39 is 0 Å². The third-order valence-electron chi connectivity index (χ3n) is 2.69. The van der Waals surface area contributed by atoms with Crippen LogP contribution in [0, 0.1) is 0 Å². The Kier molecular flexibility index (Phi) is 6.00. The molecule has 0 radical (unpaired) electrons. The van der Waals surface area contributed by atoms with Crippen LogP contribution in [0.3, 0.4) is 0 Å². The number of carbonyl (C=O) groups is 1. The Bertz CT molecular complexity index is 394. The summed E-state index contributed by atoms with van der Waals surface area (Å²) in [6, 6.07) is 5.17. The number of nitrogens with two attached hydrogens (primary N) is 1. The van der Waals surface area contributed by atoms with Crippen LogP contribution in [0.2, 0.25) is 0 Å². The number of hydrogen-bond donors (Lipinski definition) is 4. The normalized spacial score (nSPS) is 10.1. The largest absolute Gasteiger partial charge is 0.397 e. The van der Waals surface area contributed by atoms with Crippen LogP contribution < -0.4 is 16.4 Å². The van der Waals surface area contributed by atoms with Crippen LogP contribution >= 0.6 is 0 Å². The molecular weight excluding hydrogens is 230 g/mol. The highest BCUT2D eigenvalue weighted by Crippen LogP contribution is 2.20. The molecule has 5 N–H and O–H groups in total. The predicted octanol–water partition coefficient (Wildman–Crippen LogP) is 1.20. The second kappa shape index (κ2) is 7.55. The highest BCUT2D eigenvalue weighted by molar-refractivity contribution is 5.96. The lowest BCUT2D eigenvalue weighted by Gasteiger charge is -2.10. The molecule has 18 heavy (non-hydrogen) atoms. The van der Waals surface area contributed by atoms with Crippen molar-refractivity contribution in [1.82, 2.24) is 5.32 Å². The van der Waals surface area contributed by atoms with Gasteiger partial charge >= 0.3 is 0 Å². The van der Waals surface area contributed by atoms with Gasteiger partial charge in [-0.15, -0.1) is 0 Å². The lowest BCUT2D eigenvalue weighted by molar-refractivity contribution is 0.0963. The molecule has 1 aromatic rings. The lowest BCUT2D eigenvalue weighted by Crippen LogP contribution is -2.18. The predicted molar refractivity (Wildman–Crippen MR) is 73.7 cm³/mol. The van der Waals surface area contributed by atoms with Gasteiger partial charge in [0.25, 0.3) is 5.91 Å². The molecule has 5 nitrogen and oxygen atoms in total. The summed E-state index contributed by atoms with van der Waals surface area (Å²) in [6.07, 6.45) is 2.75. The molecule has 0 aliphatic carbocycles. The van der Waals surface area contributed by atoms with Gasteiger partial charge in [0.2, 0.25) is 0 Å². The molecule has 0 saturated heterocycles. The molecule has 0 fully saturated rings. The number of amides is 1. The summed E-state index contributed by atoms with van der Waals surface area (Å²) in [5.41, 5.74) is 7.83. The highest BCUT2D eigenvalue weighted by atomic mass is 16.2. The summed E-state index contributed by atoms with van der Waals surface area (Å²) in [5.74, 6) is -0.127. The minimum atomic E-state index is -0.127. The maximum Gasteiger partial charge on any atom is 0.251 e. The Labute approximate surface area is 107 Å². The molecule has 100 valence electrons. The summed E-state index contributed by atoms with van der Waals surface area (Å²) in [7, 11) is 1.60. The highest BCUT2D eigenvalue weighted by Gasteiger charge is 2.06. The molecule has 5 heteroatoms. The van der Waals surface area contributed by atoms with Crippen molar-refractivity contribution in [3.8, 4) is 0 Å². The zero-order chi connectivity index (χ0) is 13.4. The van der Waals surface area contributed by atoms with E-state index in [2.05, 4.69) is 10.6 Å². The molecule has 0 saturated carbocycles. The van der Waals surface area contributed by atoms with Gasteiger partial charge < -0.3 is 21.5 Å². The SMILES string of the molecule is CNC(=O)c1ccc(N)c(NCCCCCO)c1. The van der Waals surface area contributed by atoms with E-state index in [9.17, 15) is 4.79 Å². The Morgan fingerprint density at radius 2 is 2.11 bits per heavy atom. The molecule has 0 aromatic heterocycles. The minimum Gasteiger partial charge on any atom is -0.397 e. The first-order chi connectivity index (χ1) is 8.69. The van der Waals surface area contributed by atoms with Gasteiger partial charge in [0.1, 0.15) is 0 Å². The van der Waals surface area contributed by atoms with Crippen molar-refractivity contribution in [2.75, 3.05) is 31.2 Å². The van der Waals surface area contributed by atoms with Crippen molar-refractivity contribution < 1.29 is 9.90 Å². The third-order valence-corrected chi connectivity index (χ3v) is 2.69. The van der Waals surface area contributed by atoms with Crippen molar-refractivity contribution in [2.24, 2.45) is 0 Å². The van der Waals surface area contributed by atoms with Crippen LogP contribution in [-0.2, 0) is 0 Å². The van der Waals surface area contributed by atoms with Gasteiger partial charge in [0.15, 0.2) is 0 Å². The Hall–Kier alpha value is -1.75. The van der Waals surface area contributed by atoms with Crippen LogP contribution in [0.4, 0.5) is 11.4 Å². The molecule has 1 amide bonds. The number of unbranched alkanes of at least 4 members (excludes halogenated alkanes) is 2. The molecule has 1 rings (SSSR count). The number of rotatable bonds is 7. The Morgan fingerprint density at radius 3 is 2.78 bits per heavy atom. The molecule has 0 spiro atoms. The minimum absolute atomic E-state index is 0.127. The van der Waals surface area contributed by atoms with E-state index in [1.807, 2.05) is 0 Å². The Balaban J connectivity index is 2.56. The fourth-order valence-electron chi connectivity index (χ4n) is 1.63. The maximum atomic E-state index is 11.5. The topological polar surface area (TPSA) is 87.4 Å². The van der Waals surface area contributed by atoms with Crippen molar-refractivity contribution in [2.45, 2.75) is 19.3 Å². The van der Waals surface area contributed by atoms with Gasteiger partial charge in [-0.2, -0.15) is 0 Å². The fourth-order valence-corrected chi connectivity index (χ4v) is 1.63. The molecular formula is C13H21N3O2. The summed E-state index contributed by atoms with van der Waals surface area (Å²) in [4.78, 5) is 11.5. The number of hydrogen-bond acceptors (Lipinski definition) is 4. The molecule has 0 heterocycles. The van der Waals surface area contributed by atoms with Gasteiger partial charge in [-0.1, -0.05) is 0 Å². The first-order valence-corrected chi connectivity index (χ1v) is 6.15. The van der Waals surface area contributed by atoms with Crippen molar-refractivity contribution in [3.05, 3.63) is 23.8 Å².